The summed E-state index contributed by atoms with van der Waals surface area (Å²) in [5.74, 6) is 1.08. The highest BCUT2D eigenvalue weighted by molar-refractivity contribution is 6.48. The monoisotopic (exact) mass is 308 g/mol. The van der Waals surface area contributed by atoms with Crippen LogP contribution in [-0.2, 0) is 12.8 Å². The molecule has 0 atom stereocenters. The van der Waals surface area contributed by atoms with E-state index in [0.717, 1.165) is 34.9 Å². The first-order valence-corrected chi connectivity index (χ1v) is 8.57. The fourth-order valence-corrected chi connectivity index (χ4v) is 3.52. The zero-order valence-electron chi connectivity index (χ0n) is 14.5. The predicted molar refractivity (Wildman–Crippen MR) is 99.8 cm³/mol. The van der Waals surface area contributed by atoms with E-state index in [2.05, 4.69) is 45.9 Å². The minimum atomic E-state index is 0.0968. The van der Waals surface area contributed by atoms with Crippen molar-refractivity contribution < 1.29 is 9.44 Å². The molecule has 0 spiro atoms. The van der Waals surface area contributed by atoms with Gasteiger partial charge in [-0.25, -0.2) is 0 Å². The lowest BCUT2D eigenvalue weighted by molar-refractivity contribution is 0.608. The van der Waals surface area contributed by atoms with Crippen LogP contribution in [0.2, 0.25) is 0 Å². The van der Waals surface area contributed by atoms with E-state index in [0.29, 0.717) is 11.8 Å². The van der Waals surface area contributed by atoms with Gasteiger partial charge in [0.2, 0.25) is 0 Å². The zero-order valence-corrected chi connectivity index (χ0v) is 14.5. The maximum atomic E-state index is 10.1. The van der Waals surface area contributed by atoms with Gasteiger partial charge in [0, 0.05) is 10.8 Å². The number of fused-ring (bicyclic) bond motifs is 3. The van der Waals surface area contributed by atoms with E-state index in [1.54, 1.807) is 0 Å². The van der Waals surface area contributed by atoms with Crippen molar-refractivity contribution in [3.8, 4) is 0 Å². The van der Waals surface area contributed by atoms with Crippen molar-refractivity contribution >= 4 is 34.9 Å². The van der Waals surface area contributed by atoms with Crippen LogP contribution < -0.4 is 5.46 Å². The van der Waals surface area contributed by atoms with Crippen LogP contribution in [0.1, 0.15) is 38.8 Å². The van der Waals surface area contributed by atoms with Crippen molar-refractivity contribution in [2.45, 2.75) is 40.5 Å². The Bertz CT molecular complexity index is 830. The van der Waals surface area contributed by atoms with Crippen LogP contribution in [0.3, 0.4) is 0 Å². The molecule has 2 aromatic carbocycles. The lowest BCUT2D eigenvalue weighted by atomic mass is 9.75. The quantitative estimate of drug-likeness (QED) is 0.724. The van der Waals surface area contributed by atoms with Gasteiger partial charge >= 0.3 is 7.48 Å². The number of benzene rings is 2. The average Bonchev–Trinajstić information content (AvgIpc) is 2.84. The van der Waals surface area contributed by atoms with Gasteiger partial charge in [0.15, 0.2) is 0 Å². The van der Waals surface area contributed by atoms with E-state index in [-0.39, 0.29) is 7.48 Å². The summed E-state index contributed by atoms with van der Waals surface area (Å²) in [5.41, 5.74) is 5.48. The molecule has 0 amide bonds. The molecule has 0 aliphatic carbocycles. The third-order valence-corrected chi connectivity index (χ3v) is 4.38. The highest BCUT2D eigenvalue weighted by Crippen LogP contribution is 2.33. The SMILES string of the molecule is CC(C)Cc1cc2oc3ccccc3c2c(CC(C)C)c1BO. The van der Waals surface area contributed by atoms with Crippen molar-refractivity contribution in [1.82, 2.24) is 0 Å². The number of rotatable bonds is 5. The van der Waals surface area contributed by atoms with Gasteiger partial charge in [-0.15, -0.1) is 0 Å². The summed E-state index contributed by atoms with van der Waals surface area (Å²) >= 11 is 0. The van der Waals surface area contributed by atoms with Gasteiger partial charge in [0.1, 0.15) is 11.2 Å². The first kappa shape index (κ1) is 16.1. The van der Waals surface area contributed by atoms with Crippen molar-refractivity contribution in [2.75, 3.05) is 0 Å². The third kappa shape index (κ3) is 3.03. The Labute approximate surface area is 138 Å². The number of hydrogen-bond donors (Lipinski definition) is 1. The molecule has 0 aliphatic rings. The molecule has 23 heavy (non-hydrogen) atoms. The molecular formula is C20H25BO2. The van der Waals surface area contributed by atoms with Crippen molar-refractivity contribution in [3.63, 3.8) is 0 Å². The minimum Gasteiger partial charge on any atom is -0.456 e. The molecule has 3 heteroatoms. The highest BCUT2D eigenvalue weighted by Gasteiger charge is 2.19. The van der Waals surface area contributed by atoms with Crippen LogP contribution >= 0.6 is 0 Å². The molecular weight excluding hydrogens is 283 g/mol. The third-order valence-electron chi connectivity index (χ3n) is 4.38. The average molecular weight is 308 g/mol. The molecule has 0 saturated carbocycles. The molecule has 3 aromatic rings. The fraction of sp³-hybridized carbons (Fsp3) is 0.400. The van der Waals surface area contributed by atoms with Crippen LogP contribution in [-0.4, -0.2) is 12.5 Å². The lowest BCUT2D eigenvalue weighted by Gasteiger charge is -2.17. The second-order valence-corrected chi connectivity index (χ2v) is 7.32. The van der Waals surface area contributed by atoms with Crippen molar-refractivity contribution in [3.05, 3.63) is 41.5 Å². The van der Waals surface area contributed by atoms with Crippen molar-refractivity contribution in [2.24, 2.45) is 11.8 Å². The molecule has 0 fully saturated rings. The van der Waals surface area contributed by atoms with E-state index < -0.39 is 0 Å². The van der Waals surface area contributed by atoms with E-state index in [4.69, 9.17) is 4.42 Å². The van der Waals surface area contributed by atoms with Crippen LogP contribution in [0, 0.1) is 11.8 Å². The molecule has 1 N–H and O–H groups in total. The van der Waals surface area contributed by atoms with Gasteiger partial charge < -0.3 is 9.44 Å². The summed E-state index contributed by atoms with van der Waals surface area (Å²) in [5, 5.41) is 12.4. The minimum absolute atomic E-state index is 0.0968. The van der Waals surface area contributed by atoms with Gasteiger partial charge in [-0.05, 0) is 53.4 Å². The number of furan rings is 1. The molecule has 0 unspecified atom stereocenters. The Morgan fingerprint density at radius 2 is 1.70 bits per heavy atom. The normalized spacial score (nSPS) is 12.0. The van der Waals surface area contributed by atoms with Crippen LogP contribution in [0.5, 0.6) is 0 Å². The molecule has 1 heterocycles. The summed E-state index contributed by atoms with van der Waals surface area (Å²) in [6, 6.07) is 10.3. The van der Waals surface area contributed by atoms with Gasteiger partial charge in [-0.1, -0.05) is 45.9 Å². The number of hydrogen-bond acceptors (Lipinski definition) is 2. The molecule has 120 valence electrons. The van der Waals surface area contributed by atoms with E-state index >= 15 is 0 Å². The van der Waals surface area contributed by atoms with Crippen LogP contribution in [0.4, 0.5) is 0 Å². The molecule has 1 aromatic heterocycles. The second kappa shape index (κ2) is 6.41. The Hall–Kier alpha value is -1.74. The molecule has 2 nitrogen and oxygen atoms in total. The fourth-order valence-electron chi connectivity index (χ4n) is 3.52. The second-order valence-electron chi connectivity index (χ2n) is 7.32. The first-order chi connectivity index (χ1) is 11.0. The molecule has 0 aliphatic heterocycles. The molecule has 0 radical (unpaired) electrons. The Balaban J connectivity index is 2.36. The maximum absolute atomic E-state index is 10.1. The lowest BCUT2D eigenvalue weighted by Crippen LogP contribution is -2.26. The van der Waals surface area contributed by atoms with Gasteiger partial charge in [0.25, 0.3) is 0 Å². The smallest absolute Gasteiger partial charge is 0.305 e. The maximum Gasteiger partial charge on any atom is 0.305 e. The highest BCUT2D eigenvalue weighted by atomic mass is 16.3. The summed E-state index contributed by atoms with van der Waals surface area (Å²) < 4.78 is 6.11. The van der Waals surface area contributed by atoms with Gasteiger partial charge in [-0.2, -0.15) is 0 Å². The summed E-state index contributed by atoms with van der Waals surface area (Å²) in [6.07, 6.45) is 1.93. The first-order valence-electron chi connectivity index (χ1n) is 8.57. The summed E-state index contributed by atoms with van der Waals surface area (Å²) in [6.45, 7) is 8.88. The number of para-hydroxylation sites is 1. The van der Waals surface area contributed by atoms with Gasteiger partial charge in [0.05, 0.1) is 0 Å². The summed E-state index contributed by atoms with van der Waals surface area (Å²) in [4.78, 5) is 0. The van der Waals surface area contributed by atoms with Gasteiger partial charge in [-0.3, -0.25) is 0 Å². The van der Waals surface area contributed by atoms with E-state index in [1.807, 2.05) is 12.1 Å². The molecule has 0 saturated heterocycles. The topological polar surface area (TPSA) is 33.4 Å². The Kier molecular flexibility index (Phi) is 4.49. The van der Waals surface area contributed by atoms with Crippen molar-refractivity contribution in [1.29, 1.82) is 0 Å². The molecule has 0 bridgehead atoms. The van der Waals surface area contributed by atoms with E-state index in [9.17, 15) is 5.02 Å². The van der Waals surface area contributed by atoms with Crippen LogP contribution in [0.25, 0.3) is 21.9 Å². The largest absolute Gasteiger partial charge is 0.456 e. The van der Waals surface area contributed by atoms with Crippen LogP contribution in [0.15, 0.2) is 34.7 Å². The summed E-state index contributed by atoms with van der Waals surface area (Å²) in [7, 11) is 0.0968. The Morgan fingerprint density at radius 1 is 1.00 bits per heavy atom. The molecule has 3 rings (SSSR count). The standard InChI is InChI=1S/C20H25BO2/c1-12(2)9-14-11-18-19(15-7-5-6-8-17(15)23-18)16(10-13(3)4)20(14)21-22/h5-8,11-13,21-22H,9-10H2,1-4H3. The zero-order chi connectivity index (χ0) is 16.6. The van der Waals surface area contributed by atoms with E-state index in [1.165, 1.54) is 16.5 Å². The Morgan fingerprint density at radius 3 is 2.35 bits per heavy atom. The predicted octanol–water partition coefficient (Wildman–Crippen LogP) is 3.95.